The molecule has 0 saturated heterocycles. The minimum absolute atomic E-state index is 0.0189. The van der Waals surface area contributed by atoms with Crippen molar-refractivity contribution in [2.24, 2.45) is 0 Å². The van der Waals surface area contributed by atoms with Gasteiger partial charge in [0.2, 0.25) is 5.91 Å². The molecule has 1 rings (SSSR count). The van der Waals surface area contributed by atoms with E-state index in [1.165, 1.54) is 0 Å². The van der Waals surface area contributed by atoms with Gasteiger partial charge in [0, 0.05) is 25.2 Å². The van der Waals surface area contributed by atoms with Gasteiger partial charge in [0.1, 0.15) is 18.0 Å². The maximum Gasteiger partial charge on any atom is 0.239 e. The minimum atomic E-state index is 0.0189. The van der Waals surface area contributed by atoms with Crippen molar-refractivity contribution in [2.45, 2.75) is 40.5 Å². The molecule has 0 aromatic carbocycles. The first-order chi connectivity index (χ1) is 10.2. The SMILES string of the molecule is CCCc1c(NCC)ncnc1N(CC)CC(=O)NCC. The van der Waals surface area contributed by atoms with Crippen molar-refractivity contribution in [1.29, 1.82) is 0 Å². The number of carbonyl (C=O) groups excluding carboxylic acids is 1. The van der Waals surface area contributed by atoms with Crippen LogP contribution in [0.25, 0.3) is 0 Å². The highest BCUT2D eigenvalue weighted by atomic mass is 16.2. The second-order valence-electron chi connectivity index (χ2n) is 4.77. The summed E-state index contributed by atoms with van der Waals surface area (Å²) in [5, 5.41) is 6.11. The van der Waals surface area contributed by atoms with E-state index in [0.29, 0.717) is 13.1 Å². The number of carbonyl (C=O) groups is 1. The Morgan fingerprint density at radius 3 is 2.52 bits per heavy atom. The normalized spacial score (nSPS) is 10.3. The summed E-state index contributed by atoms with van der Waals surface area (Å²) in [7, 11) is 0. The van der Waals surface area contributed by atoms with Crippen LogP contribution in [0.5, 0.6) is 0 Å². The standard InChI is InChI=1S/C15H27N5O/c1-5-9-12-14(17-7-3)18-11-19-15(12)20(8-4)10-13(21)16-6-2/h11H,5-10H2,1-4H3,(H,16,21)(H,17,18,19). The molecule has 1 aromatic rings. The molecule has 0 fully saturated rings. The summed E-state index contributed by atoms with van der Waals surface area (Å²) >= 11 is 0. The Kier molecular flexibility index (Phi) is 7.50. The summed E-state index contributed by atoms with van der Waals surface area (Å²) in [5.74, 6) is 1.75. The van der Waals surface area contributed by atoms with E-state index in [1.54, 1.807) is 6.33 Å². The third-order valence-electron chi connectivity index (χ3n) is 3.16. The van der Waals surface area contributed by atoms with E-state index in [-0.39, 0.29) is 5.91 Å². The lowest BCUT2D eigenvalue weighted by Gasteiger charge is -2.24. The Hall–Kier alpha value is -1.85. The fourth-order valence-corrected chi connectivity index (χ4v) is 2.24. The van der Waals surface area contributed by atoms with Crippen molar-refractivity contribution in [3.63, 3.8) is 0 Å². The van der Waals surface area contributed by atoms with Crippen LogP contribution in [-0.4, -0.2) is 42.1 Å². The Balaban J connectivity index is 3.06. The summed E-state index contributed by atoms with van der Waals surface area (Å²) in [6.07, 6.45) is 3.47. The minimum Gasteiger partial charge on any atom is -0.370 e. The number of hydrogen-bond acceptors (Lipinski definition) is 5. The second-order valence-corrected chi connectivity index (χ2v) is 4.77. The van der Waals surface area contributed by atoms with Gasteiger partial charge in [0.15, 0.2) is 0 Å². The summed E-state index contributed by atoms with van der Waals surface area (Å²) in [6.45, 7) is 10.6. The molecule has 0 spiro atoms. The number of aromatic nitrogens is 2. The first-order valence-electron chi connectivity index (χ1n) is 7.77. The molecule has 0 bridgehead atoms. The summed E-state index contributed by atoms with van der Waals surface area (Å²) in [4.78, 5) is 22.6. The quantitative estimate of drug-likeness (QED) is 0.727. The van der Waals surface area contributed by atoms with Crippen LogP contribution in [0.1, 0.15) is 39.7 Å². The van der Waals surface area contributed by atoms with Crippen molar-refractivity contribution in [3.05, 3.63) is 11.9 Å². The Morgan fingerprint density at radius 2 is 1.95 bits per heavy atom. The molecule has 0 unspecified atom stereocenters. The third kappa shape index (κ3) is 4.88. The predicted molar refractivity (Wildman–Crippen MR) is 86.8 cm³/mol. The number of amides is 1. The van der Waals surface area contributed by atoms with E-state index in [2.05, 4.69) is 27.5 Å². The largest absolute Gasteiger partial charge is 0.370 e. The fourth-order valence-electron chi connectivity index (χ4n) is 2.24. The molecule has 0 radical (unpaired) electrons. The lowest BCUT2D eigenvalue weighted by molar-refractivity contribution is -0.119. The summed E-state index contributed by atoms with van der Waals surface area (Å²) in [6, 6.07) is 0. The number of hydrogen-bond donors (Lipinski definition) is 2. The van der Waals surface area contributed by atoms with Gasteiger partial charge in [0.25, 0.3) is 0 Å². The third-order valence-corrected chi connectivity index (χ3v) is 3.16. The predicted octanol–water partition coefficient (Wildman–Crippen LogP) is 1.82. The molecule has 118 valence electrons. The zero-order chi connectivity index (χ0) is 15.7. The number of nitrogens with zero attached hydrogens (tertiary/aromatic N) is 3. The molecule has 0 aliphatic rings. The van der Waals surface area contributed by atoms with Crippen LogP contribution in [-0.2, 0) is 11.2 Å². The molecular formula is C15H27N5O. The average Bonchev–Trinajstić information content (AvgIpc) is 2.47. The van der Waals surface area contributed by atoms with Gasteiger partial charge in [-0.1, -0.05) is 13.3 Å². The zero-order valence-electron chi connectivity index (χ0n) is 13.6. The maximum absolute atomic E-state index is 11.9. The van der Waals surface area contributed by atoms with Gasteiger partial charge >= 0.3 is 0 Å². The van der Waals surface area contributed by atoms with Gasteiger partial charge in [-0.25, -0.2) is 9.97 Å². The molecule has 2 N–H and O–H groups in total. The lowest BCUT2D eigenvalue weighted by atomic mass is 10.1. The molecule has 6 heteroatoms. The van der Waals surface area contributed by atoms with Crippen LogP contribution in [0.2, 0.25) is 0 Å². The Bertz CT molecular complexity index is 450. The molecule has 1 aromatic heterocycles. The zero-order valence-corrected chi connectivity index (χ0v) is 13.6. The van der Waals surface area contributed by atoms with Crippen molar-refractivity contribution >= 4 is 17.5 Å². The maximum atomic E-state index is 11.9. The number of rotatable bonds is 9. The fraction of sp³-hybridized carbons (Fsp3) is 0.667. The smallest absolute Gasteiger partial charge is 0.239 e. The van der Waals surface area contributed by atoms with Gasteiger partial charge in [-0.15, -0.1) is 0 Å². The highest BCUT2D eigenvalue weighted by molar-refractivity contribution is 5.81. The topological polar surface area (TPSA) is 70.2 Å². The van der Waals surface area contributed by atoms with Crippen molar-refractivity contribution in [2.75, 3.05) is 36.4 Å². The van der Waals surface area contributed by atoms with Crippen molar-refractivity contribution in [1.82, 2.24) is 15.3 Å². The molecular weight excluding hydrogens is 266 g/mol. The van der Waals surface area contributed by atoms with Crippen molar-refractivity contribution < 1.29 is 4.79 Å². The highest BCUT2D eigenvalue weighted by Crippen LogP contribution is 2.24. The van der Waals surface area contributed by atoms with Gasteiger partial charge in [-0.3, -0.25) is 4.79 Å². The van der Waals surface area contributed by atoms with Crippen LogP contribution in [0, 0.1) is 0 Å². The number of nitrogens with one attached hydrogen (secondary N) is 2. The summed E-state index contributed by atoms with van der Waals surface area (Å²) in [5.41, 5.74) is 1.09. The molecule has 0 aliphatic carbocycles. The van der Waals surface area contributed by atoms with E-state index < -0.39 is 0 Å². The Labute approximate surface area is 127 Å². The van der Waals surface area contributed by atoms with Crippen LogP contribution in [0.3, 0.4) is 0 Å². The first-order valence-corrected chi connectivity index (χ1v) is 7.77. The summed E-state index contributed by atoms with van der Waals surface area (Å²) < 4.78 is 0. The molecule has 0 saturated carbocycles. The van der Waals surface area contributed by atoms with Crippen molar-refractivity contribution in [3.8, 4) is 0 Å². The molecule has 1 heterocycles. The van der Waals surface area contributed by atoms with Gasteiger partial charge in [-0.05, 0) is 27.2 Å². The molecule has 0 aliphatic heterocycles. The van der Waals surface area contributed by atoms with Crippen LogP contribution in [0.4, 0.5) is 11.6 Å². The van der Waals surface area contributed by atoms with Gasteiger partial charge in [0.05, 0.1) is 6.54 Å². The Morgan fingerprint density at radius 1 is 1.19 bits per heavy atom. The monoisotopic (exact) mass is 293 g/mol. The number of anilines is 2. The molecule has 0 atom stereocenters. The van der Waals surface area contributed by atoms with Crippen LogP contribution in [0.15, 0.2) is 6.33 Å². The van der Waals surface area contributed by atoms with Crippen LogP contribution >= 0.6 is 0 Å². The molecule has 1 amide bonds. The lowest BCUT2D eigenvalue weighted by Crippen LogP contribution is -2.38. The van der Waals surface area contributed by atoms with E-state index in [0.717, 1.165) is 43.1 Å². The van der Waals surface area contributed by atoms with E-state index in [1.807, 2.05) is 25.7 Å². The van der Waals surface area contributed by atoms with E-state index >= 15 is 0 Å². The van der Waals surface area contributed by atoms with Gasteiger partial charge in [-0.2, -0.15) is 0 Å². The molecule has 21 heavy (non-hydrogen) atoms. The highest BCUT2D eigenvalue weighted by Gasteiger charge is 2.17. The molecule has 6 nitrogen and oxygen atoms in total. The van der Waals surface area contributed by atoms with Gasteiger partial charge < -0.3 is 15.5 Å². The first kappa shape index (κ1) is 17.2. The number of likely N-dealkylation sites (N-methyl/N-ethyl adjacent to an activating group) is 2. The second kappa shape index (κ2) is 9.15. The van der Waals surface area contributed by atoms with E-state index in [9.17, 15) is 4.79 Å². The average molecular weight is 293 g/mol. The van der Waals surface area contributed by atoms with E-state index in [4.69, 9.17) is 0 Å². The van der Waals surface area contributed by atoms with Crippen LogP contribution < -0.4 is 15.5 Å².